The van der Waals surface area contributed by atoms with Gasteiger partial charge < -0.3 is 25.8 Å². The number of hydroxylamine groups is 4. The Morgan fingerprint density at radius 1 is 0.915 bits per heavy atom. The van der Waals surface area contributed by atoms with E-state index in [0.29, 0.717) is 56.4 Å². The van der Waals surface area contributed by atoms with E-state index in [0.717, 1.165) is 19.3 Å². The first kappa shape index (κ1) is 35.0. The molecule has 47 heavy (non-hydrogen) atoms. The summed E-state index contributed by atoms with van der Waals surface area (Å²) in [6.07, 6.45) is 8.10. The zero-order valence-electron chi connectivity index (χ0n) is 26.2. The highest BCUT2D eigenvalue weighted by Gasteiger charge is 2.49. The molecule has 0 radical (unpaired) electrons. The zero-order valence-corrected chi connectivity index (χ0v) is 27.1. The molecule has 5 heterocycles. The van der Waals surface area contributed by atoms with Crippen LogP contribution in [0.4, 0.5) is 9.59 Å². The number of carbonyl (C=O) groups is 5. The SMILES string of the molecule is CN1C(=O)N2C[C@H]1CC[C@H]2C(=O)NOC1CNC(C(N)=O)C1.O=C(NOCC1CCCCC1)[C@@H]1CC[C@@H]2CN1C(=O)N2OS(=O)(=O)O. The highest BCUT2D eigenvalue weighted by atomic mass is 32.3. The van der Waals surface area contributed by atoms with Gasteiger partial charge in [0.25, 0.3) is 11.8 Å². The van der Waals surface area contributed by atoms with Crippen LogP contribution in [0.15, 0.2) is 0 Å². The lowest BCUT2D eigenvalue weighted by Crippen LogP contribution is -2.50. The molecule has 6 rings (SSSR count). The van der Waals surface area contributed by atoms with Crippen molar-refractivity contribution in [1.82, 2.24) is 36.0 Å². The molecule has 1 saturated carbocycles. The van der Waals surface area contributed by atoms with Crippen molar-refractivity contribution in [3.05, 3.63) is 0 Å². The molecule has 5 saturated heterocycles. The summed E-state index contributed by atoms with van der Waals surface area (Å²) in [5.41, 5.74) is 10.0. The predicted octanol–water partition coefficient (Wildman–Crippen LogP) is -1.23. The molecule has 20 heteroatoms. The number of rotatable bonds is 10. The van der Waals surface area contributed by atoms with Crippen molar-refractivity contribution in [1.29, 1.82) is 0 Å². The molecule has 6 fully saturated rings. The van der Waals surface area contributed by atoms with E-state index in [2.05, 4.69) is 20.6 Å². The Hall–Kier alpha value is -3.30. The fraction of sp³-hybridized carbons (Fsp3) is 0.815. The number of carbonyl (C=O) groups excluding carboxylic acids is 5. The van der Waals surface area contributed by atoms with Gasteiger partial charge in [0.15, 0.2) is 0 Å². The second kappa shape index (κ2) is 14.9. The monoisotopic (exact) mass is 688 g/mol. The standard InChI is InChI=1S/C14H23N3O7S.C13H21N5O4/c18-13(15-23-9-10-4-2-1-3-5-10)12-7-6-11-8-16(12)14(19)17(11)24-25(20,21)22;1-17-7-2-3-10(18(6-7)13(17)21)12(20)16-22-8-4-9(11(14)19)15-5-8/h10-12H,1-9H2,(H,15,18)(H,20,21,22);7-10,15H,2-6H2,1H3,(H2,14,19)(H,16,20)/t11-,12+;7-,8?,9?,10+/m11/s1. The number of hydrogen-bond donors (Lipinski definition) is 5. The fourth-order valence-electron chi connectivity index (χ4n) is 7.09. The van der Waals surface area contributed by atoms with Crippen molar-refractivity contribution in [2.75, 3.05) is 33.3 Å². The Morgan fingerprint density at radius 2 is 1.53 bits per heavy atom. The highest BCUT2D eigenvalue weighted by Crippen LogP contribution is 2.31. The van der Waals surface area contributed by atoms with Gasteiger partial charge in [0.05, 0.1) is 30.8 Å². The second-order valence-corrected chi connectivity index (χ2v) is 13.9. The van der Waals surface area contributed by atoms with E-state index in [1.165, 1.54) is 24.2 Å². The predicted molar refractivity (Wildman–Crippen MR) is 159 cm³/mol. The maximum Gasteiger partial charge on any atom is 0.418 e. The Morgan fingerprint density at radius 3 is 2.17 bits per heavy atom. The zero-order chi connectivity index (χ0) is 33.9. The molecular weight excluding hydrogens is 644 g/mol. The second-order valence-electron chi connectivity index (χ2n) is 12.9. The van der Waals surface area contributed by atoms with Crippen molar-refractivity contribution in [3.8, 4) is 0 Å². The number of nitrogens with zero attached hydrogens (tertiary/aromatic N) is 4. The van der Waals surface area contributed by atoms with Crippen LogP contribution in [0.3, 0.4) is 0 Å². The van der Waals surface area contributed by atoms with Crippen LogP contribution in [-0.4, -0.2) is 132 Å². The number of hydrogen-bond acceptors (Lipinski definition) is 11. The van der Waals surface area contributed by atoms with Gasteiger partial charge in [-0.15, -0.1) is 4.28 Å². The number of fused-ring (bicyclic) bond motifs is 4. The topological polar surface area (TPSA) is 242 Å². The van der Waals surface area contributed by atoms with Gasteiger partial charge in [0.2, 0.25) is 5.91 Å². The van der Waals surface area contributed by atoms with Crippen molar-refractivity contribution in [2.45, 2.75) is 101 Å². The van der Waals surface area contributed by atoms with Gasteiger partial charge in [-0.25, -0.2) is 20.5 Å². The third-order valence-corrected chi connectivity index (χ3v) is 10.1. The van der Waals surface area contributed by atoms with E-state index in [1.54, 1.807) is 16.8 Å². The summed E-state index contributed by atoms with van der Waals surface area (Å²) in [6, 6.07) is -2.84. The lowest BCUT2D eigenvalue weighted by molar-refractivity contribution is -0.143. The first-order chi connectivity index (χ1) is 22.3. The number of urea groups is 2. The maximum absolute atomic E-state index is 12.3. The van der Waals surface area contributed by atoms with Crippen LogP contribution in [0.1, 0.15) is 64.2 Å². The molecule has 7 amide bonds. The van der Waals surface area contributed by atoms with Crippen LogP contribution in [0.5, 0.6) is 0 Å². The summed E-state index contributed by atoms with van der Waals surface area (Å²) in [5.74, 6) is -0.737. The fourth-order valence-corrected chi connectivity index (χ4v) is 7.47. The number of nitrogens with one attached hydrogen (secondary N) is 3. The molecule has 264 valence electrons. The molecule has 2 unspecified atom stereocenters. The van der Waals surface area contributed by atoms with Crippen molar-refractivity contribution >= 4 is 40.2 Å². The quantitative estimate of drug-likeness (QED) is 0.134. The van der Waals surface area contributed by atoms with E-state index in [1.807, 2.05) is 0 Å². The van der Waals surface area contributed by atoms with E-state index in [-0.39, 0.29) is 30.6 Å². The lowest BCUT2D eigenvalue weighted by Gasteiger charge is -2.29. The average molecular weight is 689 g/mol. The molecule has 0 aromatic heterocycles. The molecule has 19 nitrogen and oxygen atoms in total. The number of piperidine rings is 2. The van der Waals surface area contributed by atoms with E-state index < -0.39 is 52.4 Å². The normalized spacial score (nSPS) is 30.7. The molecular formula is C27H44N8O11S. The third-order valence-electron chi connectivity index (χ3n) is 9.73. The molecule has 0 aromatic carbocycles. The van der Waals surface area contributed by atoms with E-state index >= 15 is 0 Å². The number of likely N-dealkylation sites (N-methyl/N-ethyl adjacent to an activating group) is 1. The molecule has 0 aromatic rings. The van der Waals surface area contributed by atoms with Crippen molar-refractivity contribution < 1.29 is 50.9 Å². The Bertz CT molecular complexity index is 1320. The molecule has 1 aliphatic carbocycles. The summed E-state index contributed by atoms with van der Waals surface area (Å²) >= 11 is 0. The molecule has 6 N–H and O–H groups in total. The van der Waals surface area contributed by atoms with Crippen LogP contribution < -0.4 is 22.0 Å². The largest absolute Gasteiger partial charge is 0.418 e. The summed E-state index contributed by atoms with van der Waals surface area (Å²) in [6.45, 7) is 1.65. The van der Waals surface area contributed by atoms with Gasteiger partial charge in [-0.3, -0.25) is 28.6 Å². The van der Waals surface area contributed by atoms with Gasteiger partial charge in [-0.2, -0.15) is 13.5 Å². The number of amides is 7. The van der Waals surface area contributed by atoms with Crippen LogP contribution in [0, 0.1) is 5.92 Å². The van der Waals surface area contributed by atoms with E-state index in [4.69, 9.17) is 20.0 Å². The number of primary amides is 1. The Kier molecular flexibility index (Phi) is 11.1. The van der Waals surface area contributed by atoms with Gasteiger partial charge in [0.1, 0.15) is 12.1 Å². The van der Waals surface area contributed by atoms with Crippen molar-refractivity contribution in [3.63, 3.8) is 0 Å². The van der Waals surface area contributed by atoms with Gasteiger partial charge in [0, 0.05) is 33.1 Å². The van der Waals surface area contributed by atoms with Crippen molar-refractivity contribution in [2.24, 2.45) is 11.7 Å². The minimum Gasteiger partial charge on any atom is -0.368 e. The Labute approximate surface area is 272 Å². The summed E-state index contributed by atoms with van der Waals surface area (Å²) < 4.78 is 34.8. The van der Waals surface area contributed by atoms with Crippen LogP contribution in [0.2, 0.25) is 0 Å². The molecule has 0 spiro atoms. The van der Waals surface area contributed by atoms with Gasteiger partial charge in [-0.05, 0) is 44.4 Å². The van der Waals surface area contributed by atoms with Crippen LogP contribution >= 0.6 is 0 Å². The minimum atomic E-state index is -4.79. The van der Waals surface area contributed by atoms with Crippen LogP contribution in [0.25, 0.3) is 0 Å². The van der Waals surface area contributed by atoms with Gasteiger partial charge >= 0.3 is 22.5 Å². The minimum absolute atomic E-state index is 0.112. The van der Waals surface area contributed by atoms with Crippen LogP contribution in [-0.2, 0) is 38.7 Å². The summed E-state index contributed by atoms with van der Waals surface area (Å²) in [5, 5.41) is 3.54. The molecule has 5 aliphatic heterocycles. The first-order valence-electron chi connectivity index (χ1n) is 16.0. The molecule has 6 aliphatic rings. The third kappa shape index (κ3) is 8.41. The highest BCUT2D eigenvalue weighted by molar-refractivity contribution is 7.80. The lowest BCUT2D eigenvalue weighted by atomic mass is 9.90. The Balaban J connectivity index is 0.000000186. The average Bonchev–Trinajstić information content (AvgIpc) is 3.68. The van der Waals surface area contributed by atoms with Gasteiger partial charge in [-0.1, -0.05) is 19.3 Å². The summed E-state index contributed by atoms with van der Waals surface area (Å²) in [7, 11) is -3.03. The first-order valence-corrected chi connectivity index (χ1v) is 17.4. The number of nitrogens with two attached hydrogens (primary N) is 1. The summed E-state index contributed by atoms with van der Waals surface area (Å²) in [4.78, 5) is 75.1. The molecule has 6 atom stereocenters. The van der Waals surface area contributed by atoms with E-state index in [9.17, 15) is 32.4 Å². The molecule has 4 bridgehead atoms. The smallest absolute Gasteiger partial charge is 0.368 e. The maximum atomic E-state index is 12.3.